The lowest BCUT2D eigenvalue weighted by atomic mass is 9.90. The Bertz CT molecular complexity index is 355. The molecule has 0 bridgehead atoms. The van der Waals surface area contributed by atoms with Gasteiger partial charge in [-0.1, -0.05) is 26.8 Å². The van der Waals surface area contributed by atoms with Gasteiger partial charge in [-0.25, -0.2) is 0 Å². The average molecular weight is 222 g/mol. The van der Waals surface area contributed by atoms with Gasteiger partial charge in [0.05, 0.1) is 6.26 Å². The predicted molar refractivity (Wildman–Crippen MR) is 61.9 cm³/mol. The van der Waals surface area contributed by atoms with E-state index in [1.54, 1.807) is 18.2 Å². The van der Waals surface area contributed by atoms with Crippen LogP contribution in [0.4, 0.5) is 0 Å². The third-order valence-corrected chi connectivity index (χ3v) is 2.24. The zero-order valence-electron chi connectivity index (χ0n) is 9.93. The maximum Gasteiger partial charge on any atom is 0.160 e. The highest BCUT2D eigenvalue weighted by atomic mass is 16.4. The molecule has 88 valence electrons. The fourth-order valence-electron chi connectivity index (χ4n) is 1.15. The maximum absolute atomic E-state index is 11.5. The van der Waals surface area contributed by atoms with Crippen LogP contribution < -0.4 is 0 Å². The van der Waals surface area contributed by atoms with Crippen LogP contribution in [0.25, 0.3) is 0 Å². The number of carbonyl (C=O) groups is 1. The van der Waals surface area contributed by atoms with Crippen molar-refractivity contribution in [2.75, 3.05) is 0 Å². The Morgan fingerprint density at radius 1 is 1.56 bits per heavy atom. The van der Waals surface area contributed by atoms with Gasteiger partial charge in [0.15, 0.2) is 5.78 Å². The van der Waals surface area contributed by atoms with E-state index in [4.69, 9.17) is 4.42 Å². The molecule has 0 radical (unpaired) electrons. The second kappa shape index (κ2) is 5.12. The van der Waals surface area contributed by atoms with E-state index >= 15 is 0 Å². The van der Waals surface area contributed by atoms with Crippen LogP contribution in [0.5, 0.6) is 0 Å². The fraction of sp³-hybridized carbons (Fsp3) is 0.462. The van der Waals surface area contributed by atoms with E-state index in [0.29, 0.717) is 12.2 Å². The highest BCUT2D eigenvalue weighted by molar-refractivity contribution is 5.93. The summed E-state index contributed by atoms with van der Waals surface area (Å²) >= 11 is 0. The van der Waals surface area contributed by atoms with Crippen molar-refractivity contribution in [2.24, 2.45) is 5.41 Å². The van der Waals surface area contributed by atoms with Gasteiger partial charge in [0.2, 0.25) is 0 Å². The third kappa shape index (κ3) is 3.66. The Morgan fingerprint density at radius 3 is 2.75 bits per heavy atom. The summed E-state index contributed by atoms with van der Waals surface area (Å²) in [6.45, 7) is 5.59. The predicted octanol–water partition coefficient (Wildman–Crippen LogP) is 2.87. The summed E-state index contributed by atoms with van der Waals surface area (Å²) in [5.41, 5.74) is -0.369. The van der Waals surface area contributed by atoms with E-state index in [9.17, 15) is 9.90 Å². The van der Waals surface area contributed by atoms with Crippen molar-refractivity contribution in [3.63, 3.8) is 0 Å². The summed E-state index contributed by atoms with van der Waals surface area (Å²) in [5.74, 6) is 0.576. The number of furan rings is 1. The van der Waals surface area contributed by atoms with Gasteiger partial charge in [0, 0.05) is 5.41 Å². The van der Waals surface area contributed by atoms with Crippen molar-refractivity contribution < 1.29 is 14.3 Å². The first-order chi connectivity index (χ1) is 7.41. The minimum absolute atomic E-state index is 0.0548. The molecule has 0 aliphatic heterocycles. The number of aliphatic hydroxyl groups excluding tert-OH is 1. The van der Waals surface area contributed by atoms with Crippen molar-refractivity contribution in [2.45, 2.75) is 33.3 Å². The molecular weight excluding hydrogens is 204 g/mol. The molecule has 1 rings (SSSR count). The molecule has 0 amide bonds. The van der Waals surface area contributed by atoms with Gasteiger partial charge in [-0.05, 0) is 24.6 Å². The third-order valence-electron chi connectivity index (χ3n) is 2.24. The first-order valence-corrected chi connectivity index (χ1v) is 5.33. The van der Waals surface area contributed by atoms with E-state index in [1.807, 2.05) is 20.8 Å². The molecular formula is C13H18O3. The van der Waals surface area contributed by atoms with Crippen molar-refractivity contribution in [1.29, 1.82) is 0 Å². The molecule has 3 nitrogen and oxygen atoms in total. The number of hydrogen-bond acceptors (Lipinski definition) is 3. The largest absolute Gasteiger partial charge is 0.467 e. The van der Waals surface area contributed by atoms with E-state index in [-0.39, 0.29) is 11.2 Å². The van der Waals surface area contributed by atoms with Crippen molar-refractivity contribution in [3.05, 3.63) is 36.3 Å². The van der Waals surface area contributed by atoms with Crippen LogP contribution in [-0.4, -0.2) is 10.9 Å². The molecule has 1 N–H and O–H groups in total. The van der Waals surface area contributed by atoms with Crippen LogP contribution in [0.1, 0.15) is 39.1 Å². The molecule has 1 aromatic rings. The Morgan fingerprint density at radius 2 is 2.25 bits per heavy atom. The van der Waals surface area contributed by atoms with Crippen molar-refractivity contribution >= 4 is 5.78 Å². The Hall–Kier alpha value is -1.35. The summed E-state index contributed by atoms with van der Waals surface area (Å²) in [4.78, 5) is 11.5. The second-order valence-corrected chi connectivity index (χ2v) is 4.78. The molecule has 1 aromatic heterocycles. The zero-order valence-corrected chi connectivity index (χ0v) is 9.93. The quantitative estimate of drug-likeness (QED) is 0.797. The van der Waals surface area contributed by atoms with Gasteiger partial charge < -0.3 is 9.52 Å². The lowest BCUT2D eigenvalue weighted by Crippen LogP contribution is -2.17. The molecule has 1 heterocycles. The normalized spacial score (nSPS) is 14.2. The van der Waals surface area contributed by atoms with Gasteiger partial charge in [-0.15, -0.1) is 0 Å². The first kappa shape index (κ1) is 12.7. The van der Waals surface area contributed by atoms with Gasteiger partial charge in [0.25, 0.3) is 0 Å². The molecule has 0 fully saturated rings. The lowest BCUT2D eigenvalue weighted by Gasteiger charge is -2.13. The minimum atomic E-state index is -0.681. The number of hydrogen-bond donors (Lipinski definition) is 1. The lowest BCUT2D eigenvalue weighted by molar-refractivity contribution is -0.121. The number of rotatable bonds is 4. The average Bonchev–Trinajstić information content (AvgIpc) is 2.68. The van der Waals surface area contributed by atoms with E-state index in [0.717, 1.165) is 0 Å². The molecule has 0 aromatic carbocycles. The van der Waals surface area contributed by atoms with Gasteiger partial charge in [-0.2, -0.15) is 0 Å². The van der Waals surface area contributed by atoms with Crippen molar-refractivity contribution in [1.82, 2.24) is 0 Å². The van der Waals surface area contributed by atoms with E-state index < -0.39 is 6.10 Å². The molecule has 0 aliphatic rings. The molecule has 0 saturated heterocycles. The maximum atomic E-state index is 11.5. The standard InChI is InChI=1S/C13H18O3/c1-13(2,3)12(15)8-4-6-10(14)11-7-5-9-16-11/h4-5,7-10,14H,6H2,1-3H3/t10-/m1/s1. The number of aliphatic hydroxyl groups is 1. The van der Waals surface area contributed by atoms with E-state index in [1.165, 1.54) is 12.3 Å². The van der Waals surface area contributed by atoms with Crippen LogP contribution in [0.2, 0.25) is 0 Å². The highest BCUT2D eigenvalue weighted by Gasteiger charge is 2.18. The van der Waals surface area contributed by atoms with Gasteiger partial charge in [-0.3, -0.25) is 4.79 Å². The molecule has 0 unspecified atom stereocenters. The number of carbonyl (C=O) groups excluding carboxylic acids is 1. The monoisotopic (exact) mass is 222 g/mol. The Balaban J connectivity index is 2.46. The number of allylic oxidation sites excluding steroid dienone is 1. The SMILES string of the molecule is CC(C)(C)C(=O)C=CC[C@@H](O)c1ccco1. The molecule has 16 heavy (non-hydrogen) atoms. The summed E-state index contributed by atoms with van der Waals surface area (Å²) < 4.78 is 5.05. The fourth-order valence-corrected chi connectivity index (χ4v) is 1.15. The highest BCUT2D eigenvalue weighted by Crippen LogP contribution is 2.19. The van der Waals surface area contributed by atoms with Crippen LogP contribution in [0, 0.1) is 5.41 Å². The summed E-state index contributed by atoms with van der Waals surface area (Å²) in [5, 5.41) is 9.67. The zero-order chi connectivity index (χ0) is 12.2. The molecule has 0 aliphatic carbocycles. The summed E-state index contributed by atoms with van der Waals surface area (Å²) in [6.07, 6.45) is 4.42. The molecule has 3 heteroatoms. The molecule has 1 atom stereocenters. The first-order valence-electron chi connectivity index (χ1n) is 5.33. The summed E-state index contributed by atoms with van der Waals surface area (Å²) in [6, 6.07) is 3.44. The van der Waals surface area contributed by atoms with Crippen LogP contribution in [-0.2, 0) is 4.79 Å². The van der Waals surface area contributed by atoms with Gasteiger partial charge >= 0.3 is 0 Å². The Kier molecular flexibility index (Phi) is 4.07. The Labute approximate surface area is 95.8 Å². The van der Waals surface area contributed by atoms with Crippen LogP contribution in [0.3, 0.4) is 0 Å². The molecule has 0 saturated carbocycles. The smallest absolute Gasteiger partial charge is 0.160 e. The minimum Gasteiger partial charge on any atom is -0.467 e. The second-order valence-electron chi connectivity index (χ2n) is 4.78. The topological polar surface area (TPSA) is 50.4 Å². The van der Waals surface area contributed by atoms with Gasteiger partial charge in [0.1, 0.15) is 11.9 Å². The van der Waals surface area contributed by atoms with Crippen LogP contribution >= 0.6 is 0 Å². The van der Waals surface area contributed by atoms with Crippen LogP contribution in [0.15, 0.2) is 35.0 Å². The molecule has 0 spiro atoms. The van der Waals surface area contributed by atoms with E-state index in [2.05, 4.69) is 0 Å². The number of ketones is 1. The summed E-state index contributed by atoms with van der Waals surface area (Å²) in [7, 11) is 0. The van der Waals surface area contributed by atoms with Crippen molar-refractivity contribution in [3.8, 4) is 0 Å².